The van der Waals surface area contributed by atoms with E-state index in [4.69, 9.17) is 100.0 Å². The molecule has 15 atom stereocenters. The Kier molecular flexibility index (Phi) is 28.5. The van der Waals surface area contributed by atoms with E-state index in [1.807, 2.05) is 72.8 Å². The second kappa shape index (κ2) is 39.6. The number of ether oxygens (including phenoxy) is 19. The molecule has 0 amide bonds. The fourth-order valence-corrected chi connectivity index (χ4v) is 14.6. The normalized spacial score (nSPS) is 22.3. The van der Waals surface area contributed by atoms with E-state index in [0.29, 0.717) is 95.1 Å². The van der Waals surface area contributed by atoms with Crippen molar-refractivity contribution in [2.24, 2.45) is 0 Å². The van der Waals surface area contributed by atoms with Gasteiger partial charge >= 0.3 is 71.6 Å². The van der Waals surface area contributed by atoms with Crippen LogP contribution < -0.4 is 18.9 Å². The van der Waals surface area contributed by atoms with Gasteiger partial charge in [-0.3, -0.25) is 57.5 Å². The van der Waals surface area contributed by atoms with Crippen LogP contribution in [-0.2, 0) is 129 Å². The molecule has 0 unspecified atom stereocenters. The molecule has 8 heterocycles. The highest BCUT2D eigenvalue weighted by atomic mass is 16.8. The first-order valence-corrected chi connectivity index (χ1v) is 39.0. The Hall–Kier alpha value is -14.1. The predicted octanol–water partition coefficient (Wildman–Crippen LogP) is 10.3. The maximum absolute atomic E-state index is 12.9. The summed E-state index contributed by atoms with van der Waals surface area (Å²) in [5, 5.41) is 0. The largest absolute Gasteiger partial charge is 0.490 e. The van der Waals surface area contributed by atoms with Crippen LogP contribution in [0.15, 0.2) is 134 Å². The maximum atomic E-state index is 12.9. The van der Waals surface area contributed by atoms with Gasteiger partial charge in [0.05, 0.1) is 22.8 Å². The molecular formula is C89H88N4O31. The highest BCUT2D eigenvalue weighted by molar-refractivity contribution is 6.00. The van der Waals surface area contributed by atoms with E-state index < -0.39 is 184 Å². The Bertz CT molecular complexity index is 5350. The second-order valence-corrected chi connectivity index (χ2v) is 28.8. The van der Waals surface area contributed by atoms with Crippen LogP contribution in [0.3, 0.4) is 0 Å². The highest BCUT2D eigenvalue weighted by Crippen LogP contribution is 2.43. The fraction of sp³-hybridized carbons (Fsp3) is 0.348. The number of nitrogens with one attached hydrogen (secondary N) is 2. The van der Waals surface area contributed by atoms with Crippen molar-refractivity contribution in [2.45, 2.75) is 175 Å². The second-order valence-electron chi connectivity index (χ2n) is 28.8. The molecule has 5 aliphatic rings. The Morgan fingerprint density at radius 2 is 0.516 bits per heavy atom. The molecule has 4 aromatic carbocycles. The molecule has 650 valence electrons. The van der Waals surface area contributed by atoms with E-state index in [2.05, 4.69) is 16.5 Å². The van der Waals surface area contributed by atoms with Crippen molar-refractivity contribution in [1.82, 2.24) is 19.9 Å². The first-order chi connectivity index (χ1) is 59.2. The van der Waals surface area contributed by atoms with Gasteiger partial charge in [-0.05, 0) is 119 Å². The van der Waals surface area contributed by atoms with E-state index >= 15 is 0 Å². The van der Waals surface area contributed by atoms with Gasteiger partial charge in [-0.1, -0.05) is 61.2 Å². The van der Waals surface area contributed by atoms with Crippen LogP contribution in [-0.4, -0.2) is 210 Å². The smallest absolute Gasteiger partial charge is 0.303 e. The molecule has 0 radical (unpaired) electrons. The monoisotopic (exact) mass is 1710 g/mol. The fourth-order valence-electron chi connectivity index (χ4n) is 14.6. The molecule has 3 aromatic heterocycles. The van der Waals surface area contributed by atoms with Gasteiger partial charge in [0.2, 0.25) is 37.2 Å². The summed E-state index contributed by atoms with van der Waals surface area (Å²) >= 11 is 0. The highest BCUT2D eigenvalue weighted by Gasteiger charge is 2.57. The summed E-state index contributed by atoms with van der Waals surface area (Å²) in [5.41, 5.74) is 8.30. The minimum atomic E-state index is -1.61. The summed E-state index contributed by atoms with van der Waals surface area (Å²) in [6.45, 7) is 15.9. The standard InChI is InChI=1S/C89H88N4O31/c1-14-39-106-59-23-15-55(16-24-59)74-63-31-33-65(90-63)75(56-17-25-60(26-18-56)119-87-84(116-52(11)103)81(113-49(8)100)78(110-46(5)97)71(122-87)40-107-43(2)94)67-35-37-69(92-67)77(58-21-29-62(30-22-58)121-89-86(118-54(13)105)83(115-51(10)102)80(112-48(7)99)73(124-89)42-109-45(4)96)70-38-36-68(93-70)76(66-34-32-64(74)91-66)57-19-27-61(28-20-57)120-88-85(117-53(12)104)82(114-50(9)101)79(111-47(6)98)72(123-88)41-108-44(3)95/h14-38,71-73,78-90,93H,1,39-42H2,2-13H3/t71-,72-,73-,78-,79-,80-,81+,82+,83+,84-,85-,86-,87-,88-,89-/m1/s1. The van der Waals surface area contributed by atoms with E-state index in [9.17, 15) is 57.5 Å². The number of hydrogen-bond acceptors (Lipinski definition) is 33. The third kappa shape index (κ3) is 22.0. The zero-order chi connectivity index (χ0) is 88.9. The Morgan fingerprint density at radius 3 is 0.734 bits per heavy atom. The molecule has 8 bridgehead atoms. The van der Waals surface area contributed by atoms with Gasteiger partial charge in [-0.15, -0.1) is 0 Å². The van der Waals surface area contributed by atoms with Crippen LogP contribution in [0, 0.1) is 0 Å². The summed E-state index contributed by atoms with van der Waals surface area (Å²) in [6, 6.07) is 34.8. The van der Waals surface area contributed by atoms with E-state index in [-0.39, 0.29) is 23.9 Å². The van der Waals surface area contributed by atoms with Crippen molar-refractivity contribution < 1.29 is 148 Å². The number of H-pyrrole nitrogens is 2. The molecule has 12 rings (SSSR count). The van der Waals surface area contributed by atoms with Gasteiger partial charge in [-0.25, -0.2) is 9.97 Å². The Labute approximate surface area is 708 Å². The number of carbonyl (C=O) groups excluding carboxylic acids is 12. The van der Waals surface area contributed by atoms with Crippen LogP contribution in [0.2, 0.25) is 0 Å². The van der Waals surface area contributed by atoms with Crippen LogP contribution in [0.4, 0.5) is 0 Å². The molecule has 7 aromatic rings. The average molecular weight is 1710 g/mol. The van der Waals surface area contributed by atoms with E-state index in [0.717, 1.165) is 83.1 Å². The number of nitrogens with zero attached hydrogens (tertiary/aromatic N) is 2. The summed E-state index contributed by atoms with van der Waals surface area (Å²) < 4.78 is 111. The number of rotatable bonds is 28. The molecule has 0 saturated carbocycles. The lowest BCUT2D eigenvalue weighted by Crippen LogP contribution is -2.63. The summed E-state index contributed by atoms with van der Waals surface area (Å²) in [6.07, 6.45) is -13.5. The minimum absolute atomic E-state index is 0.102. The van der Waals surface area contributed by atoms with Crippen molar-refractivity contribution in [1.29, 1.82) is 0 Å². The van der Waals surface area contributed by atoms with Crippen LogP contribution in [0.25, 0.3) is 90.9 Å². The number of esters is 12. The van der Waals surface area contributed by atoms with Crippen molar-refractivity contribution in [3.05, 3.63) is 157 Å². The molecule has 0 aliphatic carbocycles. The van der Waals surface area contributed by atoms with Crippen molar-refractivity contribution >= 4 is 118 Å². The van der Waals surface area contributed by atoms with Crippen molar-refractivity contribution in [2.75, 3.05) is 26.4 Å². The SMILES string of the molecule is C=CCOc1ccc(-c2c3nc(c(-c4ccc(O[C@@H]5O[C@H](COC(C)=O)[C@@H](OC(C)=O)[C@H](OC(C)=O)[C@H]5OC(C)=O)cc4)c4ccc([nH]4)c(-c4ccc(O[C@@H]5O[C@H](COC(C)=O)[C@@H](OC(C)=O)[C@H](OC(C)=O)[C@H]5OC(C)=O)cc4)c4nc(c(-c5ccc(O[C@@H]6O[C@H](COC(C)=O)[C@@H](OC(C)=O)[C@H](OC(C)=O)[C@H]6OC(C)=O)cc5)c5ccc2[nH]5)C=C4)C=C3)cc1. The number of hydrogen-bond donors (Lipinski definition) is 2. The zero-order valence-corrected chi connectivity index (χ0v) is 69.2. The Balaban J connectivity index is 1.05. The van der Waals surface area contributed by atoms with Crippen LogP contribution in [0.1, 0.15) is 106 Å². The van der Waals surface area contributed by atoms with Gasteiger partial charge in [-0.2, -0.15) is 0 Å². The van der Waals surface area contributed by atoms with E-state index in [1.54, 1.807) is 78.9 Å². The van der Waals surface area contributed by atoms with Gasteiger partial charge in [0.25, 0.3) is 0 Å². The molecular weight excluding hydrogens is 1620 g/mol. The molecule has 35 nitrogen and oxygen atoms in total. The first-order valence-electron chi connectivity index (χ1n) is 39.0. The van der Waals surface area contributed by atoms with Gasteiger partial charge in [0, 0.05) is 127 Å². The quantitative estimate of drug-likeness (QED) is 0.0261. The topological polar surface area (TPSA) is 438 Å². The number of fused-ring (bicyclic) bond motifs is 8. The third-order valence-electron chi connectivity index (χ3n) is 19.3. The number of aromatic amines is 2. The summed E-state index contributed by atoms with van der Waals surface area (Å²) in [4.78, 5) is 170. The summed E-state index contributed by atoms with van der Waals surface area (Å²) in [5.74, 6) is -8.79. The third-order valence-corrected chi connectivity index (χ3v) is 19.3. The number of carbonyl (C=O) groups is 12. The van der Waals surface area contributed by atoms with Crippen molar-refractivity contribution in [3.8, 4) is 67.5 Å². The van der Waals surface area contributed by atoms with Gasteiger partial charge in [0.1, 0.15) is 67.7 Å². The van der Waals surface area contributed by atoms with E-state index in [1.165, 1.54) is 0 Å². The van der Waals surface area contributed by atoms with Crippen LogP contribution in [0.5, 0.6) is 23.0 Å². The first kappa shape index (κ1) is 89.2. The lowest BCUT2D eigenvalue weighted by Gasteiger charge is -2.43. The molecule has 35 heteroatoms. The molecule has 3 saturated heterocycles. The van der Waals surface area contributed by atoms with Gasteiger partial charge in [0.15, 0.2) is 36.6 Å². The zero-order valence-electron chi connectivity index (χ0n) is 69.2. The summed E-state index contributed by atoms with van der Waals surface area (Å²) in [7, 11) is 0. The molecule has 2 N–H and O–H groups in total. The molecule has 3 fully saturated rings. The lowest BCUT2D eigenvalue weighted by atomic mass is 9.98. The maximum Gasteiger partial charge on any atom is 0.303 e. The predicted molar refractivity (Wildman–Crippen MR) is 434 cm³/mol. The molecule has 0 spiro atoms. The van der Waals surface area contributed by atoms with Crippen molar-refractivity contribution in [3.63, 3.8) is 0 Å². The number of aromatic nitrogens is 4. The van der Waals surface area contributed by atoms with Gasteiger partial charge < -0.3 is 100.0 Å². The number of benzene rings is 4. The Morgan fingerprint density at radius 1 is 0.298 bits per heavy atom. The molecule has 124 heavy (non-hydrogen) atoms. The minimum Gasteiger partial charge on any atom is -0.490 e. The average Bonchev–Trinajstić information content (AvgIpc) is 1.42. The molecule has 5 aliphatic heterocycles. The lowest BCUT2D eigenvalue weighted by molar-refractivity contribution is -0.288. The van der Waals surface area contributed by atoms with Crippen LogP contribution >= 0.6 is 0 Å².